The number of aromatic nitrogens is 2. The van der Waals surface area contributed by atoms with Crippen molar-refractivity contribution in [1.29, 1.82) is 0 Å². The summed E-state index contributed by atoms with van der Waals surface area (Å²) in [6, 6.07) is 9.06. The molecule has 0 amide bonds. The quantitative estimate of drug-likeness (QED) is 0.612. The van der Waals surface area contributed by atoms with Crippen molar-refractivity contribution < 1.29 is 4.74 Å². The van der Waals surface area contributed by atoms with Crippen molar-refractivity contribution in [3.63, 3.8) is 0 Å². The molecular formula is C22H33Cl3N4O. The van der Waals surface area contributed by atoms with Crippen LogP contribution in [0.2, 0.25) is 5.15 Å². The minimum Gasteiger partial charge on any atom is -0.497 e. The molecule has 0 bridgehead atoms. The fraction of sp³-hybridized carbons (Fsp3) is 0.591. The molecule has 3 heterocycles. The number of ether oxygens (including phenoxy) is 1. The molecule has 2 aromatic rings. The minimum absolute atomic E-state index is 0. The smallest absolute Gasteiger partial charge is 0.151 e. The molecule has 5 nitrogen and oxygen atoms in total. The van der Waals surface area contributed by atoms with Crippen LogP contribution in [0.3, 0.4) is 0 Å². The largest absolute Gasteiger partial charge is 0.497 e. The maximum atomic E-state index is 6.41. The Kier molecular flexibility index (Phi) is 9.32. The highest BCUT2D eigenvalue weighted by Crippen LogP contribution is 2.44. The Hall–Kier alpha value is -0.980. The van der Waals surface area contributed by atoms with Gasteiger partial charge >= 0.3 is 0 Å². The van der Waals surface area contributed by atoms with Gasteiger partial charge in [0.1, 0.15) is 11.6 Å². The summed E-state index contributed by atoms with van der Waals surface area (Å²) < 4.78 is 5.32. The number of fused-ring (bicyclic) bond motifs is 1. The van der Waals surface area contributed by atoms with E-state index < -0.39 is 0 Å². The Balaban J connectivity index is 0.00000160. The summed E-state index contributed by atoms with van der Waals surface area (Å²) in [6.45, 7) is 6.44. The van der Waals surface area contributed by atoms with Gasteiger partial charge in [-0.3, -0.25) is 9.80 Å². The first kappa shape index (κ1) is 25.3. The van der Waals surface area contributed by atoms with Crippen LogP contribution in [-0.2, 0) is 13.0 Å². The number of benzene rings is 1. The summed E-state index contributed by atoms with van der Waals surface area (Å²) >= 11 is 6.41. The summed E-state index contributed by atoms with van der Waals surface area (Å²) in [5, 5.41) is 0.645. The lowest BCUT2D eigenvalue weighted by Crippen LogP contribution is -2.29. The van der Waals surface area contributed by atoms with Crippen LogP contribution in [0, 0.1) is 11.8 Å². The fourth-order valence-electron chi connectivity index (χ4n) is 5.01. The molecule has 168 valence electrons. The standard InChI is InChI=1S/C22H31ClN4O.2ClH/c1-4-5-6-20-24-19(22(23)25-20)14-27-12-16-11-26(2)21(18(16)13-27)15-7-9-17(28-3)10-8-15;;/h7-10,16,18,21H,4-6,11-14H2,1-3H3,(H,24,25);2*1H/t16-,18+,21-;;/m0../s1. The Morgan fingerprint density at radius 2 is 1.90 bits per heavy atom. The van der Waals surface area contributed by atoms with E-state index in [1.165, 1.54) is 12.0 Å². The summed E-state index contributed by atoms with van der Waals surface area (Å²) in [5.41, 5.74) is 2.46. The molecule has 1 N–H and O–H groups in total. The van der Waals surface area contributed by atoms with Crippen molar-refractivity contribution in [2.24, 2.45) is 11.8 Å². The van der Waals surface area contributed by atoms with Crippen molar-refractivity contribution >= 4 is 36.4 Å². The monoisotopic (exact) mass is 474 g/mol. The van der Waals surface area contributed by atoms with E-state index in [0.717, 1.165) is 56.3 Å². The third-order valence-electron chi connectivity index (χ3n) is 6.35. The number of likely N-dealkylation sites (tertiary alicyclic amines) is 2. The second-order valence-electron chi connectivity index (χ2n) is 8.33. The molecule has 8 heteroatoms. The molecule has 0 aliphatic carbocycles. The zero-order valence-electron chi connectivity index (χ0n) is 17.9. The van der Waals surface area contributed by atoms with Crippen LogP contribution in [0.1, 0.15) is 42.9 Å². The molecule has 2 aliphatic rings. The van der Waals surface area contributed by atoms with Gasteiger partial charge in [0.15, 0.2) is 5.15 Å². The van der Waals surface area contributed by atoms with Crippen LogP contribution >= 0.6 is 36.4 Å². The van der Waals surface area contributed by atoms with Crippen LogP contribution in [0.15, 0.2) is 24.3 Å². The van der Waals surface area contributed by atoms with Crippen LogP contribution < -0.4 is 4.74 Å². The van der Waals surface area contributed by atoms with Crippen LogP contribution in [-0.4, -0.2) is 53.6 Å². The average molecular weight is 476 g/mol. The lowest BCUT2D eigenvalue weighted by molar-refractivity contribution is 0.223. The first-order chi connectivity index (χ1) is 13.6. The Labute approximate surface area is 197 Å². The number of nitrogens with one attached hydrogen (secondary N) is 1. The van der Waals surface area contributed by atoms with Crippen LogP contribution in [0.4, 0.5) is 0 Å². The van der Waals surface area contributed by atoms with Gasteiger partial charge in [0, 0.05) is 38.6 Å². The van der Waals surface area contributed by atoms with E-state index in [1.807, 2.05) is 0 Å². The van der Waals surface area contributed by atoms with Gasteiger partial charge in [-0.05, 0) is 43.0 Å². The molecule has 4 rings (SSSR count). The summed E-state index contributed by atoms with van der Waals surface area (Å²) in [7, 11) is 3.97. The SMILES string of the molecule is CCCCc1nc(Cl)c(CN2C[C@@H]3CN(C)[C@@H](c4ccc(OC)cc4)[C@@H]3C2)[nH]1.Cl.Cl. The minimum atomic E-state index is 0. The van der Waals surface area contributed by atoms with Crippen molar-refractivity contribution in [3.8, 4) is 5.75 Å². The lowest BCUT2D eigenvalue weighted by Gasteiger charge is -2.26. The Morgan fingerprint density at radius 1 is 1.17 bits per heavy atom. The van der Waals surface area contributed by atoms with E-state index in [4.69, 9.17) is 16.3 Å². The van der Waals surface area contributed by atoms with Crippen molar-refractivity contribution in [2.45, 2.75) is 38.8 Å². The summed E-state index contributed by atoms with van der Waals surface area (Å²) in [4.78, 5) is 13.0. The van der Waals surface area contributed by atoms with E-state index in [1.54, 1.807) is 7.11 Å². The molecule has 1 aromatic heterocycles. The molecule has 2 saturated heterocycles. The second-order valence-corrected chi connectivity index (χ2v) is 8.69. The van der Waals surface area contributed by atoms with Gasteiger partial charge < -0.3 is 9.72 Å². The van der Waals surface area contributed by atoms with Gasteiger partial charge in [0.2, 0.25) is 0 Å². The summed E-state index contributed by atoms with van der Waals surface area (Å²) in [6.07, 6.45) is 3.29. The van der Waals surface area contributed by atoms with E-state index in [2.05, 4.69) is 58.0 Å². The number of unbranched alkanes of at least 4 members (excludes halogenated alkanes) is 1. The number of imidazole rings is 1. The fourth-order valence-corrected chi connectivity index (χ4v) is 5.22. The maximum Gasteiger partial charge on any atom is 0.151 e. The van der Waals surface area contributed by atoms with Crippen molar-refractivity contribution in [1.82, 2.24) is 19.8 Å². The Morgan fingerprint density at radius 3 is 2.57 bits per heavy atom. The first-order valence-corrected chi connectivity index (χ1v) is 10.8. The molecule has 0 radical (unpaired) electrons. The number of aryl methyl sites for hydroxylation is 1. The normalized spacial score (nSPS) is 23.7. The third-order valence-corrected chi connectivity index (χ3v) is 6.67. The number of hydrogen-bond donors (Lipinski definition) is 1. The molecule has 0 spiro atoms. The van der Waals surface area contributed by atoms with Crippen LogP contribution in [0.5, 0.6) is 5.75 Å². The number of H-pyrrole nitrogens is 1. The van der Waals surface area contributed by atoms with E-state index in [0.29, 0.717) is 23.0 Å². The molecule has 2 aliphatic heterocycles. The molecule has 30 heavy (non-hydrogen) atoms. The molecule has 3 atom stereocenters. The molecule has 0 saturated carbocycles. The maximum absolute atomic E-state index is 6.41. The average Bonchev–Trinajstić information content (AvgIpc) is 3.32. The van der Waals surface area contributed by atoms with Crippen molar-refractivity contribution in [2.75, 3.05) is 33.8 Å². The molecule has 2 fully saturated rings. The number of rotatable bonds is 7. The third kappa shape index (κ3) is 5.25. The topological polar surface area (TPSA) is 44.4 Å². The van der Waals surface area contributed by atoms with E-state index in [9.17, 15) is 0 Å². The highest BCUT2D eigenvalue weighted by atomic mass is 35.5. The number of aromatic amines is 1. The van der Waals surface area contributed by atoms with Crippen LogP contribution in [0.25, 0.3) is 0 Å². The zero-order valence-corrected chi connectivity index (χ0v) is 20.3. The van der Waals surface area contributed by atoms with E-state index in [-0.39, 0.29) is 24.8 Å². The highest BCUT2D eigenvalue weighted by molar-refractivity contribution is 6.30. The molecular weight excluding hydrogens is 443 g/mol. The van der Waals surface area contributed by atoms with Gasteiger partial charge in [0.05, 0.1) is 12.8 Å². The zero-order chi connectivity index (χ0) is 19.7. The van der Waals surface area contributed by atoms with Gasteiger partial charge in [0.25, 0.3) is 0 Å². The Bertz CT molecular complexity index is 798. The predicted molar refractivity (Wildman–Crippen MR) is 127 cm³/mol. The van der Waals surface area contributed by atoms with Gasteiger partial charge in [-0.25, -0.2) is 4.98 Å². The highest BCUT2D eigenvalue weighted by Gasteiger charge is 2.46. The number of nitrogens with zero attached hydrogens (tertiary/aromatic N) is 3. The molecule has 0 unspecified atom stereocenters. The number of hydrogen-bond acceptors (Lipinski definition) is 4. The van der Waals surface area contributed by atoms with Gasteiger partial charge in [-0.15, -0.1) is 24.8 Å². The van der Waals surface area contributed by atoms with Crippen molar-refractivity contribution in [3.05, 3.63) is 46.5 Å². The predicted octanol–water partition coefficient (Wildman–Crippen LogP) is 4.99. The lowest BCUT2D eigenvalue weighted by atomic mass is 9.89. The van der Waals surface area contributed by atoms with Gasteiger partial charge in [-0.1, -0.05) is 37.1 Å². The molecule has 1 aromatic carbocycles. The summed E-state index contributed by atoms with van der Waals surface area (Å²) in [5.74, 6) is 3.30. The number of halogens is 3. The first-order valence-electron chi connectivity index (χ1n) is 10.4. The second kappa shape index (κ2) is 11.1. The van der Waals surface area contributed by atoms with Gasteiger partial charge in [-0.2, -0.15) is 0 Å². The number of methoxy groups -OCH3 is 1. The van der Waals surface area contributed by atoms with E-state index >= 15 is 0 Å².